The molecular formula is C15H22N2O2. The highest BCUT2D eigenvalue weighted by Crippen LogP contribution is 2.19. The van der Waals surface area contributed by atoms with E-state index < -0.39 is 0 Å². The minimum Gasteiger partial charge on any atom is -0.484 e. The molecule has 2 rings (SSSR count). The zero-order valence-electron chi connectivity index (χ0n) is 11.7. The molecule has 0 aliphatic carbocycles. The molecule has 4 nitrogen and oxygen atoms in total. The number of likely N-dealkylation sites (tertiary alicyclic amines) is 1. The summed E-state index contributed by atoms with van der Waals surface area (Å²) in [4.78, 5) is 13.9. The van der Waals surface area contributed by atoms with Crippen LogP contribution in [-0.4, -0.2) is 37.0 Å². The van der Waals surface area contributed by atoms with Crippen molar-refractivity contribution in [1.82, 2.24) is 4.90 Å². The Bertz CT molecular complexity index is 459. The highest BCUT2D eigenvalue weighted by atomic mass is 16.5. The number of rotatable bonds is 4. The van der Waals surface area contributed by atoms with Crippen LogP contribution in [0.25, 0.3) is 0 Å². The quantitative estimate of drug-likeness (QED) is 0.894. The molecule has 1 atom stereocenters. The largest absolute Gasteiger partial charge is 0.484 e. The standard InChI is InChI=1S/C15H22N2O2/c1-11-3-4-14(12(2)7-11)19-10-15(18)17-6-5-13(8-16)9-17/h3-4,7,13H,5-6,8-10,16H2,1-2H3/t13-/m0/s1. The molecule has 0 unspecified atom stereocenters. The second kappa shape index (κ2) is 6.06. The van der Waals surface area contributed by atoms with Crippen LogP contribution in [0, 0.1) is 19.8 Å². The molecule has 0 bridgehead atoms. The predicted octanol–water partition coefficient (Wildman–Crippen LogP) is 1.49. The van der Waals surface area contributed by atoms with Gasteiger partial charge in [0.1, 0.15) is 5.75 Å². The first-order valence-corrected chi connectivity index (χ1v) is 6.78. The van der Waals surface area contributed by atoms with Gasteiger partial charge in [0.25, 0.3) is 5.91 Å². The zero-order valence-corrected chi connectivity index (χ0v) is 11.7. The van der Waals surface area contributed by atoms with Gasteiger partial charge in [0.05, 0.1) is 0 Å². The van der Waals surface area contributed by atoms with Crippen LogP contribution in [0.1, 0.15) is 17.5 Å². The molecule has 19 heavy (non-hydrogen) atoms. The number of nitrogens with zero attached hydrogens (tertiary/aromatic N) is 1. The molecule has 0 radical (unpaired) electrons. The number of carbonyl (C=O) groups excluding carboxylic acids is 1. The van der Waals surface area contributed by atoms with E-state index in [9.17, 15) is 4.79 Å². The van der Waals surface area contributed by atoms with E-state index in [0.29, 0.717) is 12.5 Å². The van der Waals surface area contributed by atoms with E-state index in [1.54, 1.807) is 0 Å². The Morgan fingerprint density at radius 2 is 2.26 bits per heavy atom. The lowest BCUT2D eigenvalue weighted by molar-refractivity contribution is -0.132. The van der Waals surface area contributed by atoms with E-state index in [-0.39, 0.29) is 12.5 Å². The maximum absolute atomic E-state index is 12.0. The van der Waals surface area contributed by atoms with Gasteiger partial charge in [-0.05, 0) is 44.4 Å². The molecule has 1 fully saturated rings. The number of nitrogens with two attached hydrogens (primary N) is 1. The number of carbonyl (C=O) groups is 1. The maximum atomic E-state index is 12.0. The molecule has 0 saturated carbocycles. The summed E-state index contributed by atoms with van der Waals surface area (Å²) in [5.41, 5.74) is 7.89. The molecule has 4 heteroatoms. The van der Waals surface area contributed by atoms with Crippen LogP contribution in [0.15, 0.2) is 18.2 Å². The van der Waals surface area contributed by atoms with Crippen LogP contribution in [0.2, 0.25) is 0 Å². The second-order valence-electron chi connectivity index (χ2n) is 5.29. The summed E-state index contributed by atoms with van der Waals surface area (Å²) in [7, 11) is 0. The third-order valence-corrected chi connectivity index (χ3v) is 3.65. The van der Waals surface area contributed by atoms with Gasteiger partial charge in [0.2, 0.25) is 0 Å². The van der Waals surface area contributed by atoms with Gasteiger partial charge in [-0.25, -0.2) is 0 Å². The Morgan fingerprint density at radius 3 is 2.89 bits per heavy atom. The van der Waals surface area contributed by atoms with E-state index in [4.69, 9.17) is 10.5 Å². The number of amides is 1. The van der Waals surface area contributed by atoms with Crippen molar-refractivity contribution >= 4 is 5.91 Å². The van der Waals surface area contributed by atoms with Gasteiger partial charge in [-0.1, -0.05) is 17.7 Å². The first kappa shape index (κ1) is 13.9. The molecule has 1 saturated heterocycles. The lowest BCUT2D eigenvalue weighted by Gasteiger charge is -2.17. The fraction of sp³-hybridized carbons (Fsp3) is 0.533. The molecule has 1 aliphatic rings. The minimum atomic E-state index is 0.0518. The van der Waals surface area contributed by atoms with Crippen molar-refractivity contribution in [2.24, 2.45) is 11.7 Å². The Hall–Kier alpha value is -1.55. The van der Waals surface area contributed by atoms with E-state index in [1.165, 1.54) is 5.56 Å². The van der Waals surface area contributed by atoms with Crippen LogP contribution in [0.3, 0.4) is 0 Å². The van der Waals surface area contributed by atoms with Crippen LogP contribution in [-0.2, 0) is 4.79 Å². The van der Waals surface area contributed by atoms with Gasteiger partial charge in [0.15, 0.2) is 6.61 Å². The molecule has 1 aromatic rings. The number of ether oxygens (including phenoxy) is 1. The SMILES string of the molecule is Cc1ccc(OCC(=O)N2CC[C@@H](CN)C2)c(C)c1. The van der Waals surface area contributed by atoms with Crippen LogP contribution < -0.4 is 10.5 Å². The number of hydrogen-bond acceptors (Lipinski definition) is 3. The highest BCUT2D eigenvalue weighted by Gasteiger charge is 2.25. The minimum absolute atomic E-state index is 0.0518. The molecule has 0 spiro atoms. The van der Waals surface area contributed by atoms with Crippen molar-refractivity contribution in [2.45, 2.75) is 20.3 Å². The van der Waals surface area contributed by atoms with E-state index in [1.807, 2.05) is 30.9 Å². The molecule has 104 valence electrons. The summed E-state index contributed by atoms with van der Waals surface area (Å²) in [5, 5.41) is 0. The van der Waals surface area contributed by atoms with Crippen molar-refractivity contribution in [3.05, 3.63) is 29.3 Å². The molecule has 1 aliphatic heterocycles. The maximum Gasteiger partial charge on any atom is 0.260 e. The third-order valence-electron chi connectivity index (χ3n) is 3.65. The van der Waals surface area contributed by atoms with E-state index in [0.717, 1.165) is 30.8 Å². The molecule has 0 aromatic heterocycles. The normalized spacial score (nSPS) is 18.7. The Balaban J connectivity index is 1.87. The lowest BCUT2D eigenvalue weighted by atomic mass is 10.1. The van der Waals surface area contributed by atoms with E-state index >= 15 is 0 Å². The van der Waals surface area contributed by atoms with E-state index in [2.05, 4.69) is 6.07 Å². The number of aryl methyl sites for hydroxylation is 2. The van der Waals surface area contributed by atoms with Gasteiger partial charge in [-0.3, -0.25) is 4.79 Å². The zero-order chi connectivity index (χ0) is 13.8. The molecule has 2 N–H and O–H groups in total. The average Bonchev–Trinajstić information content (AvgIpc) is 2.86. The van der Waals surface area contributed by atoms with Crippen molar-refractivity contribution in [1.29, 1.82) is 0 Å². The first-order chi connectivity index (χ1) is 9.10. The van der Waals surface area contributed by atoms with Gasteiger partial charge < -0.3 is 15.4 Å². The predicted molar refractivity (Wildman–Crippen MR) is 75.2 cm³/mol. The number of benzene rings is 1. The second-order valence-corrected chi connectivity index (χ2v) is 5.29. The summed E-state index contributed by atoms with van der Waals surface area (Å²) in [6.45, 7) is 6.37. The summed E-state index contributed by atoms with van der Waals surface area (Å²) in [6.07, 6.45) is 1.01. The third kappa shape index (κ3) is 3.47. The van der Waals surface area contributed by atoms with Crippen molar-refractivity contribution in [2.75, 3.05) is 26.2 Å². The summed E-state index contributed by atoms with van der Waals surface area (Å²) < 4.78 is 5.61. The van der Waals surface area contributed by atoms with Gasteiger partial charge in [-0.15, -0.1) is 0 Å². The van der Waals surface area contributed by atoms with Crippen molar-refractivity contribution in [3.63, 3.8) is 0 Å². The smallest absolute Gasteiger partial charge is 0.260 e. The highest BCUT2D eigenvalue weighted by molar-refractivity contribution is 5.78. The number of hydrogen-bond donors (Lipinski definition) is 1. The first-order valence-electron chi connectivity index (χ1n) is 6.78. The van der Waals surface area contributed by atoms with Crippen LogP contribution in [0.5, 0.6) is 5.75 Å². The topological polar surface area (TPSA) is 55.6 Å². The van der Waals surface area contributed by atoms with Crippen molar-refractivity contribution < 1.29 is 9.53 Å². The van der Waals surface area contributed by atoms with Crippen LogP contribution >= 0.6 is 0 Å². The average molecular weight is 262 g/mol. The monoisotopic (exact) mass is 262 g/mol. The molecule has 1 aromatic carbocycles. The fourth-order valence-corrected chi connectivity index (χ4v) is 2.44. The molecular weight excluding hydrogens is 240 g/mol. The molecule has 1 heterocycles. The van der Waals surface area contributed by atoms with Crippen molar-refractivity contribution in [3.8, 4) is 5.75 Å². The van der Waals surface area contributed by atoms with Crippen LogP contribution in [0.4, 0.5) is 0 Å². The molecule has 1 amide bonds. The Kier molecular flexibility index (Phi) is 4.43. The summed E-state index contributed by atoms with van der Waals surface area (Å²) >= 11 is 0. The lowest BCUT2D eigenvalue weighted by Crippen LogP contribution is -2.33. The van der Waals surface area contributed by atoms with Gasteiger partial charge >= 0.3 is 0 Å². The van der Waals surface area contributed by atoms with Gasteiger partial charge in [0, 0.05) is 13.1 Å². The summed E-state index contributed by atoms with van der Waals surface area (Å²) in [5.74, 6) is 1.29. The Labute approximate surface area is 114 Å². The Morgan fingerprint density at radius 1 is 1.47 bits per heavy atom. The van der Waals surface area contributed by atoms with Gasteiger partial charge in [-0.2, -0.15) is 0 Å². The fourth-order valence-electron chi connectivity index (χ4n) is 2.44. The summed E-state index contributed by atoms with van der Waals surface area (Å²) in [6, 6.07) is 5.97.